The predicted molar refractivity (Wildman–Crippen MR) is 199 cm³/mol. The highest BCUT2D eigenvalue weighted by Crippen LogP contribution is 2.26. The minimum absolute atomic E-state index is 0.220. The van der Waals surface area contributed by atoms with Gasteiger partial charge in [0.25, 0.3) is 0 Å². The summed E-state index contributed by atoms with van der Waals surface area (Å²) in [5.74, 6) is -0.301. The van der Waals surface area contributed by atoms with Crippen LogP contribution in [0.1, 0.15) is 155 Å². The van der Waals surface area contributed by atoms with Crippen molar-refractivity contribution in [2.75, 3.05) is 13.2 Å². The van der Waals surface area contributed by atoms with Gasteiger partial charge in [-0.3, -0.25) is 9.35 Å². The minimum atomic E-state index is -5.08. The lowest BCUT2D eigenvalue weighted by Gasteiger charge is -2.41. The number of unbranched alkanes of at least 4 members (excludes halogenated alkanes) is 18. The van der Waals surface area contributed by atoms with E-state index >= 15 is 0 Å². The number of amides is 1. The van der Waals surface area contributed by atoms with E-state index in [1.165, 1.54) is 89.9 Å². The number of carbonyl (C=O) groups excluding carboxylic acids is 1. The fraction of sp³-hybridized carbons (Fsp3) is 0.868. The first-order valence-electron chi connectivity index (χ1n) is 19.7. The van der Waals surface area contributed by atoms with E-state index < -0.39 is 59.9 Å². The van der Waals surface area contributed by atoms with Crippen LogP contribution in [-0.4, -0.2) is 95.4 Å². The standard InChI is InChI=1S/C38H71NO11S/c1-3-5-7-9-11-13-14-15-16-17-18-20-21-23-25-27-32(41)31(39-34(42)28-26-24-22-19-12-10-8-6-4-2)30-48-38-36(44)37(50-51(45,46)47)35(43)33(29-40)49-38/h19,22,25,27,31-33,35-38,40-41,43-44H,3-18,20-21,23-24,26,28-30H2,1-2H3,(H,39,42)(H,45,46,47)/b22-19-,27-25+. The summed E-state index contributed by atoms with van der Waals surface area (Å²) >= 11 is 0. The van der Waals surface area contributed by atoms with Gasteiger partial charge in [-0.15, -0.1) is 0 Å². The van der Waals surface area contributed by atoms with Crippen LogP contribution in [0.5, 0.6) is 0 Å². The SMILES string of the molecule is CCCCCC/C=C\CCCC(=O)NC(COC1OC(CO)C(O)C(OS(=O)(=O)O)C1O)C(O)/C=C/CCCCCCCCCCCCCCC. The molecule has 1 rings (SSSR count). The van der Waals surface area contributed by atoms with Crippen LogP contribution in [0.2, 0.25) is 0 Å². The second-order valence-corrected chi connectivity index (χ2v) is 14.9. The van der Waals surface area contributed by atoms with Crippen LogP contribution in [0.3, 0.4) is 0 Å². The molecule has 0 saturated carbocycles. The number of rotatable bonds is 32. The molecule has 0 spiro atoms. The molecule has 7 atom stereocenters. The summed E-state index contributed by atoms with van der Waals surface area (Å²) in [6.45, 7) is 3.29. The molecule has 300 valence electrons. The van der Waals surface area contributed by atoms with Gasteiger partial charge in [0.05, 0.1) is 25.4 Å². The zero-order chi connectivity index (χ0) is 37.7. The number of hydrogen-bond donors (Lipinski definition) is 6. The Morgan fingerprint density at radius 1 is 0.765 bits per heavy atom. The third kappa shape index (κ3) is 23.8. The van der Waals surface area contributed by atoms with E-state index in [9.17, 15) is 33.6 Å². The molecule has 0 aromatic rings. The molecule has 0 aromatic carbocycles. The molecular formula is C38H71NO11S. The molecule has 1 aliphatic heterocycles. The van der Waals surface area contributed by atoms with Gasteiger partial charge in [0.15, 0.2) is 6.29 Å². The Bertz CT molecular complexity index is 1030. The molecule has 1 fully saturated rings. The molecule has 0 bridgehead atoms. The zero-order valence-electron chi connectivity index (χ0n) is 31.4. The van der Waals surface area contributed by atoms with Crippen molar-refractivity contribution in [1.29, 1.82) is 0 Å². The van der Waals surface area contributed by atoms with Crippen molar-refractivity contribution in [3.05, 3.63) is 24.3 Å². The lowest BCUT2D eigenvalue weighted by Crippen LogP contribution is -2.61. The van der Waals surface area contributed by atoms with Crippen molar-refractivity contribution >= 4 is 16.3 Å². The Kier molecular flexibility index (Phi) is 28.0. The number of hydrogen-bond acceptors (Lipinski definition) is 10. The summed E-state index contributed by atoms with van der Waals surface area (Å²) in [6, 6.07) is -0.953. The van der Waals surface area contributed by atoms with Crippen molar-refractivity contribution in [2.45, 2.75) is 198 Å². The van der Waals surface area contributed by atoms with Gasteiger partial charge in [-0.1, -0.05) is 134 Å². The summed E-state index contributed by atoms with van der Waals surface area (Å²) in [4.78, 5) is 12.9. The molecule has 0 aromatic heterocycles. The Balaban J connectivity index is 2.63. The molecule has 0 aliphatic carbocycles. The molecule has 0 radical (unpaired) electrons. The highest BCUT2D eigenvalue weighted by atomic mass is 32.3. The maximum atomic E-state index is 12.9. The number of ether oxygens (including phenoxy) is 2. The van der Waals surface area contributed by atoms with Gasteiger partial charge in [0.2, 0.25) is 5.91 Å². The van der Waals surface area contributed by atoms with Gasteiger partial charge < -0.3 is 35.2 Å². The third-order valence-electron chi connectivity index (χ3n) is 9.23. The van der Waals surface area contributed by atoms with Crippen molar-refractivity contribution < 1.29 is 51.8 Å². The summed E-state index contributed by atoms with van der Waals surface area (Å²) in [5.41, 5.74) is 0. The molecule has 6 N–H and O–H groups in total. The fourth-order valence-electron chi connectivity index (χ4n) is 6.10. The first-order valence-corrected chi connectivity index (χ1v) is 21.1. The summed E-state index contributed by atoms with van der Waals surface area (Å²) < 4.78 is 47.3. The van der Waals surface area contributed by atoms with Crippen LogP contribution in [-0.2, 0) is 28.9 Å². The molecule has 1 heterocycles. The number of carbonyl (C=O) groups is 1. The first kappa shape index (κ1) is 47.6. The lowest BCUT2D eigenvalue weighted by atomic mass is 9.99. The van der Waals surface area contributed by atoms with E-state index in [4.69, 9.17) is 14.0 Å². The zero-order valence-corrected chi connectivity index (χ0v) is 32.2. The van der Waals surface area contributed by atoms with Crippen molar-refractivity contribution in [2.24, 2.45) is 0 Å². The normalized spacial score (nSPS) is 22.5. The smallest absolute Gasteiger partial charge is 0.394 e. The Morgan fingerprint density at radius 3 is 1.78 bits per heavy atom. The van der Waals surface area contributed by atoms with Gasteiger partial charge in [0.1, 0.15) is 24.4 Å². The van der Waals surface area contributed by atoms with E-state index in [2.05, 4.69) is 35.5 Å². The summed E-state index contributed by atoms with van der Waals surface area (Å²) in [7, 11) is -5.08. The fourth-order valence-corrected chi connectivity index (χ4v) is 6.61. The Hall–Kier alpha value is -1.42. The van der Waals surface area contributed by atoms with Crippen molar-refractivity contribution in [3.63, 3.8) is 0 Å². The molecule has 12 nitrogen and oxygen atoms in total. The molecule has 1 aliphatic rings. The van der Waals surface area contributed by atoms with Crippen molar-refractivity contribution in [1.82, 2.24) is 5.32 Å². The Morgan fingerprint density at radius 2 is 1.25 bits per heavy atom. The number of aliphatic hydroxyl groups is 4. The number of aliphatic hydroxyl groups excluding tert-OH is 4. The van der Waals surface area contributed by atoms with Gasteiger partial charge in [0, 0.05) is 6.42 Å². The third-order valence-corrected chi connectivity index (χ3v) is 9.69. The largest absolute Gasteiger partial charge is 0.397 e. The van der Waals surface area contributed by atoms with Gasteiger partial charge in [-0.05, 0) is 38.5 Å². The average molecular weight is 750 g/mol. The van der Waals surface area contributed by atoms with Gasteiger partial charge in [-0.25, -0.2) is 4.18 Å². The highest BCUT2D eigenvalue weighted by molar-refractivity contribution is 7.80. The summed E-state index contributed by atoms with van der Waals surface area (Å²) in [5, 5.41) is 44.4. The summed E-state index contributed by atoms with van der Waals surface area (Å²) in [6.07, 6.45) is 22.4. The molecule has 7 unspecified atom stereocenters. The highest BCUT2D eigenvalue weighted by Gasteiger charge is 2.48. The van der Waals surface area contributed by atoms with E-state index in [0.29, 0.717) is 6.42 Å². The molecule has 13 heteroatoms. The van der Waals surface area contributed by atoms with E-state index in [1.54, 1.807) is 6.08 Å². The predicted octanol–water partition coefficient (Wildman–Crippen LogP) is 6.21. The monoisotopic (exact) mass is 749 g/mol. The van der Waals surface area contributed by atoms with Crippen LogP contribution in [0, 0.1) is 0 Å². The van der Waals surface area contributed by atoms with Crippen LogP contribution in [0.25, 0.3) is 0 Å². The first-order chi connectivity index (χ1) is 24.5. The molecule has 1 saturated heterocycles. The topological polar surface area (TPSA) is 192 Å². The second-order valence-electron chi connectivity index (χ2n) is 13.9. The minimum Gasteiger partial charge on any atom is -0.394 e. The average Bonchev–Trinajstić information content (AvgIpc) is 3.09. The molecular weight excluding hydrogens is 678 g/mol. The maximum Gasteiger partial charge on any atom is 0.397 e. The van der Waals surface area contributed by atoms with Crippen LogP contribution in [0.15, 0.2) is 24.3 Å². The second kappa shape index (κ2) is 30.0. The Labute approximate surface area is 308 Å². The molecule has 51 heavy (non-hydrogen) atoms. The number of allylic oxidation sites excluding steroid dienone is 3. The number of nitrogens with one attached hydrogen (secondary N) is 1. The van der Waals surface area contributed by atoms with Crippen LogP contribution < -0.4 is 5.32 Å². The van der Waals surface area contributed by atoms with Gasteiger partial charge >= 0.3 is 10.4 Å². The van der Waals surface area contributed by atoms with Crippen LogP contribution in [0.4, 0.5) is 0 Å². The molecule has 1 amide bonds. The van der Waals surface area contributed by atoms with E-state index in [0.717, 1.165) is 38.5 Å². The van der Waals surface area contributed by atoms with Crippen molar-refractivity contribution in [3.8, 4) is 0 Å². The van der Waals surface area contributed by atoms with Crippen LogP contribution >= 0.6 is 0 Å². The lowest BCUT2D eigenvalue weighted by molar-refractivity contribution is -0.298. The van der Waals surface area contributed by atoms with E-state index in [1.807, 2.05) is 6.08 Å². The van der Waals surface area contributed by atoms with Gasteiger partial charge in [-0.2, -0.15) is 8.42 Å². The maximum absolute atomic E-state index is 12.9. The van der Waals surface area contributed by atoms with E-state index in [-0.39, 0.29) is 18.9 Å². The quantitative estimate of drug-likeness (QED) is 0.0260.